The smallest absolute Gasteiger partial charge is 0.0420 e. The number of hydrogen-bond donors (Lipinski definition) is 0. The highest BCUT2D eigenvalue weighted by Gasteiger charge is 2.13. The summed E-state index contributed by atoms with van der Waals surface area (Å²) in [6.07, 6.45) is 3.33. The highest BCUT2D eigenvalue weighted by molar-refractivity contribution is 6.01. The van der Waals surface area contributed by atoms with Gasteiger partial charge in [-0.2, -0.15) is 0 Å². The van der Waals surface area contributed by atoms with E-state index in [1.807, 2.05) is 0 Å². The molecular formula is C20H24N2. The largest absolute Gasteiger partial charge is 0.289 e. The van der Waals surface area contributed by atoms with Crippen LogP contribution in [0.15, 0.2) is 41.4 Å². The Morgan fingerprint density at radius 3 is 2.50 bits per heavy atom. The van der Waals surface area contributed by atoms with Crippen LogP contribution < -0.4 is 0 Å². The lowest BCUT2D eigenvalue weighted by atomic mass is 9.94. The molecule has 0 amide bonds. The molecule has 2 heteroatoms. The number of rotatable bonds is 3. The number of pyridine rings is 1. The van der Waals surface area contributed by atoms with Gasteiger partial charge in [-0.25, -0.2) is 0 Å². The van der Waals surface area contributed by atoms with Crippen molar-refractivity contribution in [3.05, 3.63) is 64.5 Å². The maximum absolute atomic E-state index is 4.76. The van der Waals surface area contributed by atoms with Crippen LogP contribution in [0.2, 0.25) is 0 Å². The van der Waals surface area contributed by atoms with E-state index in [0.29, 0.717) is 0 Å². The van der Waals surface area contributed by atoms with Gasteiger partial charge in [0.2, 0.25) is 0 Å². The molecule has 2 nitrogen and oxygen atoms in total. The van der Waals surface area contributed by atoms with Crippen LogP contribution >= 0.6 is 0 Å². The van der Waals surface area contributed by atoms with Crippen molar-refractivity contribution in [3.8, 4) is 0 Å². The zero-order chi connectivity index (χ0) is 15.5. The van der Waals surface area contributed by atoms with E-state index in [-0.39, 0.29) is 0 Å². The SMILES string of the molecule is Cc1cc(Cc2cccc(C3=NCC(C)CC3)c2)cc(C)n1. The summed E-state index contributed by atoms with van der Waals surface area (Å²) in [4.78, 5) is 9.22. The lowest BCUT2D eigenvalue weighted by Crippen LogP contribution is -2.14. The zero-order valence-electron chi connectivity index (χ0n) is 13.8. The molecular weight excluding hydrogens is 268 g/mol. The normalized spacial score (nSPS) is 18.1. The van der Waals surface area contributed by atoms with Crippen molar-refractivity contribution in [2.75, 3.05) is 6.54 Å². The van der Waals surface area contributed by atoms with Crippen molar-refractivity contribution in [2.45, 2.75) is 40.0 Å². The van der Waals surface area contributed by atoms with Crippen LogP contribution in [-0.2, 0) is 6.42 Å². The van der Waals surface area contributed by atoms with E-state index in [0.717, 1.165) is 36.7 Å². The van der Waals surface area contributed by atoms with E-state index in [2.05, 4.69) is 62.2 Å². The fourth-order valence-corrected chi connectivity index (χ4v) is 3.17. The summed E-state index contributed by atoms with van der Waals surface area (Å²) in [6, 6.07) is 13.2. The van der Waals surface area contributed by atoms with Crippen molar-refractivity contribution >= 4 is 5.71 Å². The summed E-state index contributed by atoms with van der Waals surface area (Å²) >= 11 is 0. The Morgan fingerprint density at radius 2 is 1.82 bits per heavy atom. The zero-order valence-corrected chi connectivity index (χ0v) is 13.8. The lowest BCUT2D eigenvalue weighted by molar-refractivity contribution is 0.538. The van der Waals surface area contributed by atoms with Crippen LogP contribution in [0.1, 0.15) is 47.8 Å². The second-order valence-electron chi connectivity index (χ2n) is 6.57. The topological polar surface area (TPSA) is 25.2 Å². The predicted octanol–water partition coefficient (Wildman–Crippen LogP) is 4.51. The maximum atomic E-state index is 4.76. The minimum atomic E-state index is 0.731. The van der Waals surface area contributed by atoms with Crippen LogP contribution in [0.4, 0.5) is 0 Å². The van der Waals surface area contributed by atoms with E-state index in [4.69, 9.17) is 4.99 Å². The van der Waals surface area contributed by atoms with E-state index < -0.39 is 0 Å². The Morgan fingerprint density at radius 1 is 1.05 bits per heavy atom. The fourth-order valence-electron chi connectivity index (χ4n) is 3.17. The highest BCUT2D eigenvalue weighted by Crippen LogP contribution is 2.20. The lowest BCUT2D eigenvalue weighted by Gasteiger charge is -2.18. The van der Waals surface area contributed by atoms with E-state index in [1.165, 1.54) is 28.8 Å². The molecule has 114 valence electrons. The molecule has 1 aromatic carbocycles. The summed E-state index contributed by atoms with van der Waals surface area (Å²) in [6.45, 7) is 7.38. The van der Waals surface area contributed by atoms with Crippen LogP contribution in [0, 0.1) is 19.8 Å². The Bertz CT molecular complexity index is 680. The Kier molecular flexibility index (Phi) is 4.37. The molecule has 0 N–H and O–H groups in total. The molecule has 1 aliphatic heterocycles. The minimum absolute atomic E-state index is 0.731. The first-order valence-electron chi connectivity index (χ1n) is 8.17. The molecule has 1 aliphatic rings. The van der Waals surface area contributed by atoms with Crippen LogP contribution in [0.5, 0.6) is 0 Å². The average molecular weight is 292 g/mol. The van der Waals surface area contributed by atoms with E-state index >= 15 is 0 Å². The third kappa shape index (κ3) is 3.62. The van der Waals surface area contributed by atoms with Gasteiger partial charge in [-0.15, -0.1) is 0 Å². The van der Waals surface area contributed by atoms with Crippen LogP contribution in [0.25, 0.3) is 0 Å². The third-order valence-corrected chi connectivity index (χ3v) is 4.28. The maximum Gasteiger partial charge on any atom is 0.0420 e. The average Bonchev–Trinajstić information content (AvgIpc) is 2.47. The summed E-state index contributed by atoms with van der Waals surface area (Å²) in [5, 5.41) is 0. The number of aryl methyl sites for hydroxylation is 2. The summed E-state index contributed by atoms with van der Waals surface area (Å²) in [5.41, 5.74) is 7.45. The quantitative estimate of drug-likeness (QED) is 0.817. The summed E-state index contributed by atoms with van der Waals surface area (Å²) < 4.78 is 0. The summed E-state index contributed by atoms with van der Waals surface area (Å²) in [5.74, 6) is 0.731. The predicted molar refractivity (Wildman–Crippen MR) is 92.8 cm³/mol. The standard InChI is InChI=1S/C20H24N2/c1-14-7-8-20(21-13-14)19-6-4-5-17(12-19)11-18-9-15(2)22-16(3)10-18/h4-6,9-10,12,14H,7-8,11,13H2,1-3H3. The molecule has 0 fully saturated rings. The minimum Gasteiger partial charge on any atom is -0.289 e. The Labute approximate surface area is 133 Å². The van der Waals surface area contributed by atoms with Gasteiger partial charge in [0.05, 0.1) is 0 Å². The molecule has 0 aliphatic carbocycles. The van der Waals surface area contributed by atoms with Gasteiger partial charge < -0.3 is 0 Å². The highest BCUT2D eigenvalue weighted by atomic mass is 14.8. The molecule has 2 aromatic rings. The second-order valence-corrected chi connectivity index (χ2v) is 6.57. The molecule has 0 saturated carbocycles. The fraction of sp³-hybridized carbons (Fsp3) is 0.400. The third-order valence-electron chi connectivity index (χ3n) is 4.28. The molecule has 2 heterocycles. The van der Waals surface area contributed by atoms with Gasteiger partial charge in [0.15, 0.2) is 0 Å². The molecule has 0 bridgehead atoms. The molecule has 1 aromatic heterocycles. The number of benzene rings is 1. The van der Waals surface area contributed by atoms with Gasteiger partial charge in [0.25, 0.3) is 0 Å². The van der Waals surface area contributed by atoms with Crippen molar-refractivity contribution in [1.29, 1.82) is 0 Å². The molecule has 0 radical (unpaired) electrons. The van der Waals surface area contributed by atoms with Crippen molar-refractivity contribution in [1.82, 2.24) is 4.98 Å². The molecule has 1 unspecified atom stereocenters. The van der Waals surface area contributed by atoms with Crippen molar-refractivity contribution in [2.24, 2.45) is 10.9 Å². The van der Waals surface area contributed by atoms with Crippen LogP contribution in [-0.4, -0.2) is 17.2 Å². The van der Waals surface area contributed by atoms with Gasteiger partial charge in [-0.1, -0.05) is 25.1 Å². The Hall–Kier alpha value is -1.96. The number of hydrogen-bond acceptors (Lipinski definition) is 2. The van der Waals surface area contributed by atoms with Crippen molar-refractivity contribution in [3.63, 3.8) is 0 Å². The molecule has 1 atom stereocenters. The van der Waals surface area contributed by atoms with Gasteiger partial charge in [-0.3, -0.25) is 9.98 Å². The molecule has 3 rings (SSSR count). The second kappa shape index (κ2) is 6.43. The summed E-state index contributed by atoms with van der Waals surface area (Å²) in [7, 11) is 0. The molecule has 0 spiro atoms. The molecule has 0 saturated heterocycles. The first kappa shape index (κ1) is 15.0. The van der Waals surface area contributed by atoms with Gasteiger partial charge in [0, 0.05) is 23.6 Å². The number of aliphatic imine (C=N–C) groups is 1. The van der Waals surface area contributed by atoms with Gasteiger partial charge in [-0.05, 0) is 73.9 Å². The van der Waals surface area contributed by atoms with Gasteiger partial charge in [0.1, 0.15) is 0 Å². The monoisotopic (exact) mass is 292 g/mol. The van der Waals surface area contributed by atoms with E-state index in [9.17, 15) is 0 Å². The van der Waals surface area contributed by atoms with Gasteiger partial charge >= 0.3 is 0 Å². The van der Waals surface area contributed by atoms with Crippen LogP contribution in [0.3, 0.4) is 0 Å². The first-order valence-corrected chi connectivity index (χ1v) is 8.17. The molecule has 22 heavy (non-hydrogen) atoms. The first-order chi connectivity index (χ1) is 10.6. The van der Waals surface area contributed by atoms with E-state index in [1.54, 1.807) is 0 Å². The number of aromatic nitrogens is 1. The number of nitrogens with zero attached hydrogens (tertiary/aromatic N) is 2. The Balaban J connectivity index is 1.82. The van der Waals surface area contributed by atoms with Crippen molar-refractivity contribution < 1.29 is 0 Å².